The van der Waals surface area contributed by atoms with Gasteiger partial charge in [0.1, 0.15) is 5.78 Å². The first-order valence-corrected chi connectivity index (χ1v) is 5.73. The first-order chi connectivity index (χ1) is 6.45. The van der Waals surface area contributed by atoms with E-state index in [0.717, 1.165) is 19.5 Å². The van der Waals surface area contributed by atoms with E-state index in [2.05, 4.69) is 25.7 Å². The first-order valence-electron chi connectivity index (χ1n) is 5.73. The Bertz CT molecular complexity index is 242. The molecule has 1 aliphatic carbocycles. The molecule has 1 saturated heterocycles. The quantitative estimate of drug-likeness (QED) is 0.671. The summed E-state index contributed by atoms with van der Waals surface area (Å²) in [6, 6.07) is 0. The van der Waals surface area contributed by atoms with E-state index in [4.69, 9.17) is 0 Å². The molecule has 80 valence electrons. The maximum atomic E-state index is 11.5. The SMILES string of the molecule is CCC(=O)C1C2CN(C(C)(C)C)CC21. The van der Waals surface area contributed by atoms with Crippen LogP contribution in [0.25, 0.3) is 0 Å². The van der Waals surface area contributed by atoms with Crippen molar-refractivity contribution in [2.45, 2.75) is 39.7 Å². The molecule has 14 heavy (non-hydrogen) atoms. The van der Waals surface area contributed by atoms with Gasteiger partial charge in [0, 0.05) is 31.0 Å². The maximum Gasteiger partial charge on any atom is 0.136 e. The van der Waals surface area contributed by atoms with E-state index < -0.39 is 0 Å². The van der Waals surface area contributed by atoms with Gasteiger partial charge in [-0.3, -0.25) is 9.69 Å². The normalized spacial score (nSPS) is 37.0. The van der Waals surface area contributed by atoms with Crippen LogP contribution in [0.2, 0.25) is 0 Å². The van der Waals surface area contributed by atoms with Gasteiger partial charge in [0.2, 0.25) is 0 Å². The number of nitrogens with zero attached hydrogens (tertiary/aromatic N) is 1. The van der Waals surface area contributed by atoms with E-state index >= 15 is 0 Å². The smallest absolute Gasteiger partial charge is 0.136 e. The van der Waals surface area contributed by atoms with Crippen LogP contribution in [0.5, 0.6) is 0 Å². The second-order valence-corrected chi connectivity index (χ2v) is 5.75. The van der Waals surface area contributed by atoms with Gasteiger partial charge in [-0.25, -0.2) is 0 Å². The summed E-state index contributed by atoms with van der Waals surface area (Å²) in [5, 5.41) is 0. The van der Waals surface area contributed by atoms with Crippen molar-refractivity contribution in [1.82, 2.24) is 4.90 Å². The summed E-state index contributed by atoms with van der Waals surface area (Å²) in [5.41, 5.74) is 0.285. The number of Topliss-reactive ketones (excluding diaryl/α,β-unsaturated/α-hetero) is 1. The summed E-state index contributed by atoms with van der Waals surface area (Å²) in [4.78, 5) is 14.0. The first kappa shape index (κ1) is 10.2. The molecule has 2 nitrogen and oxygen atoms in total. The van der Waals surface area contributed by atoms with E-state index in [1.807, 2.05) is 6.92 Å². The summed E-state index contributed by atoms with van der Waals surface area (Å²) in [5.74, 6) is 2.32. The molecule has 0 amide bonds. The third-order valence-electron chi connectivity index (χ3n) is 3.86. The summed E-state index contributed by atoms with van der Waals surface area (Å²) in [6.07, 6.45) is 0.729. The number of hydrogen-bond acceptors (Lipinski definition) is 2. The van der Waals surface area contributed by atoms with Crippen LogP contribution < -0.4 is 0 Å². The van der Waals surface area contributed by atoms with Crippen molar-refractivity contribution in [3.8, 4) is 0 Å². The van der Waals surface area contributed by atoms with Crippen LogP contribution in [0.15, 0.2) is 0 Å². The van der Waals surface area contributed by atoms with Gasteiger partial charge in [0.05, 0.1) is 0 Å². The van der Waals surface area contributed by atoms with Crippen molar-refractivity contribution >= 4 is 5.78 Å². The lowest BCUT2D eigenvalue weighted by molar-refractivity contribution is -0.121. The topological polar surface area (TPSA) is 20.3 Å². The average Bonchev–Trinajstić information content (AvgIpc) is 2.56. The molecule has 0 aromatic heterocycles. The second kappa shape index (κ2) is 3.06. The minimum Gasteiger partial charge on any atom is -0.299 e. The Morgan fingerprint density at radius 2 is 1.79 bits per heavy atom. The minimum atomic E-state index is 0.285. The summed E-state index contributed by atoms with van der Waals surface area (Å²) in [7, 11) is 0. The molecule has 0 aromatic carbocycles. The number of carbonyl (C=O) groups excluding carboxylic acids is 1. The molecule has 0 radical (unpaired) electrons. The molecule has 2 aliphatic rings. The van der Waals surface area contributed by atoms with Crippen LogP contribution in [0.1, 0.15) is 34.1 Å². The van der Waals surface area contributed by atoms with Gasteiger partial charge < -0.3 is 0 Å². The third-order valence-corrected chi connectivity index (χ3v) is 3.86. The zero-order valence-corrected chi connectivity index (χ0v) is 9.71. The average molecular weight is 195 g/mol. The van der Waals surface area contributed by atoms with Crippen LogP contribution in [0.3, 0.4) is 0 Å². The van der Waals surface area contributed by atoms with E-state index in [-0.39, 0.29) is 5.54 Å². The Kier molecular flexibility index (Phi) is 2.22. The summed E-state index contributed by atoms with van der Waals surface area (Å²) in [6.45, 7) is 11.0. The highest BCUT2D eigenvalue weighted by Crippen LogP contribution is 2.53. The maximum absolute atomic E-state index is 11.5. The van der Waals surface area contributed by atoms with E-state index in [1.165, 1.54) is 0 Å². The van der Waals surface area contributed by atoms with Crippen molar-refractivity contribution in [2.24, 2.45) is 17.8 Å². The zero-order chi connectivity index (χ0) is 10.5. The van der Waals surface area contributed by atoms with Crippen molar-refractivity contribution in [3.05, 3.63) is 0 Å². The lowest BCUT2D eigenvalue weighted by Crippen LogP contribution is -2.41. The minimum absolute atomic E-state index is 0.285. The van der Waals surface area contributed by atoms with Gasteiger partial charge in [-0.2, -0.15) is 0 Å². The summed E-state index contributed by atoms with van der Waals surface area (Å²) < 4.78 is 0. The third kappa shape index (κ3) is 1.50. The molecule has 0 bridgehead atoms. The van der Waals surface area contributed by atoms with Gasteiger partial charge in [0.25, 0.3) is 0 Å². The second-order valence-electron chi connectivity index (χ2n) is 5.75. The largest absolute Gasteiger partial charge is 0.299 e. The van der Waals surface area contributed by atoms with E-state index in [9.17, 15) is 4.79 Å². The standard InChI is InChI=1S/C12H21NO/c1-5-10(14)11-8-6-13(7-9(8)11)12(2,3)4/h8-9,11H,5-7H2,1-4H3. The Morgan fingerprint density at radius 1 is 1.29 bits per heavy atom. The number of piperidine rings is 1. The van der Waals surface area contributed by atoms with E-state index in [0.29, 0.717) is 23.5 Å². The molecule has 0 aromatic rings. The highest BCUT2D eigenvalue weighted by atomic mass is 16.1. The molecule has 2 unspecified atom stereocenters. The lowest BCUT2D eigenvalue weighted by Gasteiger charge is -2.33. The number of carbonyl (C=O) groups is 1. The Labute approximate surface area is 86.7 Å². The van der Waals surface area contributed by atoms with Gasteiger partial charge in [-0.05, 0) is 32.6 Å². The monoisotopic (exact) mass is 195 g/mol. The molecule has 1 heterocycles. The number of fused-ring (bicyclic) bond motifs is 1. The molecule has 0 N–H and O–H groups in total. The lowest BCUT2D eigenvalue weighted by atomic mass is 10.0. The highest BCUT2D eigenvalue weighted by molar-refractivity contribution is 5.84. The van der Waals surface area contributed by atoms with Crippen LogP contribution in [0, 0.1) is 17.8 Å². The number of hydrogen-bond donors (Lipinski definition) is 0. The highest BCUT2D eigenvalue weighted by Gasteiger charge is 2.59. The molecular formula is C12H21NO. The predicted octanol–water partition coefficient (Wildman–Crippen LogP) is 1.94. The van der Waals surface area contributed by atoms with Gasteiger partial charge in [-0.1, -0.05) is 6.92 Å². The number of ketones is 1. The number of rotatable bonds is 2. The zero-order valence-electron chi connectivity index (χ0n) is 9.71. The molecule has 2 heteroatoms. The van der Waals surface area contributed by atoms with E-state index in [1.54, 1.807) is 0 Å². The van der Waals surface area contributed by atoms with Crippen LogP contribution in [-0.2, 0) is 4.79 Å². The molecule has 0 spiro atoms. The molecule has 1 saturated carbocycles. The van der Waals surface area contributed by atoms with Gasteiger partial charge in [-0.15, -0.1) is 0 Å². The van der Waals surface area contributed by atoms with Crippen molar-refractivity contribution in [1.29, 1.82) is 0 Å². The Morgan fingerprint density at radius 3 is 2.14 bits per heavy atom. The van der Waals surface area contributed by atoms with Crippen molar-refractivity contribution in [3.63, 3.8) is 0 Å². The Balaban J connectivity index is 1.91. The fraction of sp³-hybridized carbons (Fsp3) is 0.917. The molecular weight excluding hydrogens is 174 g/mol. The van der Waals surface area contributed by atoms with Gasteiger partial charge >= 0.3 is 0 Å². The van der Waals surface area contributed by atoms with Crippen LogP contribution in [-0.4, -0.2) is 29.3 Å². The number of likely N-dealkylation sites (tertiary alicyclic amines) is 1. The van der Waals surface area contributed by atoms with Crippen LogP contribution in [0.4, 0.5) is 0 Å². The fourth-order valence-electron chi connectivity index (χ4n) is 2.79. The molecule has 2 atom stereocenters. The molecule has 1 aliphatic heterocycles. The molecule has 2 rings (SSSR count). The van der Waals surface area contributed by atoms with Crippen molar-refractivity contribution in [2.75, 3.05) is 13.1 Å². The van der Waals surface area contributed by atoms with Crippen molar-refractivity contribution < 1.29 is 4.79 Å². The fourth-order valence-corrected chi connectivity index (χ4v) is 2.79. The predicted molar refractivity (Wildman–Crippen MR) is 57.1 cm³/mol. The van der Waals surface area contributed by atoms with Crippen LogP contribution >= 0.6 is 0 Å². The van der Waals surface area contributed by atoms with Gasteiger partial charge in [0.15, 0.2) is 0 Å². The molecule has 2 fully saturated rings. The Hall–Kier alpha value is -0.370. The summed E-state index contributed by atoms with van der Waals surface area (Å²) >= 11 is 0.